The highest BCUT2D eigenvalue weighted by Crippen LogP contribution is 2.12. The van der Waals surface area contributed by atoms with Gasteiger partial charge in [-0.15, -0.1) is 0 Å². The Labute approximate surface area is 56.9 Å². The summed E-state index contributed by atoms with van der Waals surface area (Å²) in [4.78, 5) is 0. The largest absolute Gasteiger partial charge is 0.0952 e. The summed E-state index contributed by atoms with van der Waals surface area (Å²) in [7, 11) is 0. The molecule has 0 aromatic rings. The third-order valence-corrected chi connectivity index (χ3v) is 1.00. The lowest BCUT2D eigenvalue weighted by Gasteiger charge is -2.00. The Morgan fingerprint density at radius 2 is 1.56 bits per heavy atom. The molecular formula is C9H10. The predicted octanol–water partition coefficient (Wildman–Crippen LogP) is 2.48. The smallest absolute Gasteiger partial charge is 0.0183 e. The van der Waals surface area contributed by atoms with E-state index in [1.165, 1.54) is 0 Å². The summed E-state index contributed by atoms with van der Waals surface area (Å²) in [6, 6.07) is 0. The molecule has 0 aromatic carbocycles. The fourth-order valence-electron chi connectivity index (χ4n) is 0.320. The van der Waals surface area contributed by atoms with Crippen LogP contribution in [0.1, 0.15) is 0 Å². The molecule has 0 aliphatic carbocycles. The first-order valence-electron chi connectivity index (χ1n) is 2.52. The zero-order valence-corrected chi connectivity index (χ0v) is 5.54. The van der Waals surface area contributed by atoms with Crippen molar-refractivity contribution < 1.29 is 0 Å². The molecule has 9 heavy (non-hydrogen) atoms. The van der Waals surface area contributed by atoms with Gasteiger partial charge in [-0.25, -0.2) is 0 Å². The Morgan fingerprint density at radius 1 is 1.11 bits per heavy atom. The van der Waals surface area contributed by atoms with Gasteiger partial charge < -0.3 is 0 Å². The molecule has 0 bridgehead atoms. The summed E-state index contributed by atoms with van der Waals surface area (Å²) >= 11 is 0. The second-order valence-electron chi connectivity index (χ2n) is 1.74. The average Bonchev–Trinajstić information content (AvgIpc) is 1.84. The van der Waals surface area contributed by atoms with E-state index in [0.717, 1.165) is 0 Å². The highest BCUT2D eigenvalue weighted by Gasteiger charge is 1.94. The average molecular weight is 118 g/mol. The molecule has 0 fully saturated rings. The predicted molar refractivity (Wildman–Crippen MR) is 41.6 cm³/mol. The lowest BCUT2D eigenvalue weighted by Crippen LogP contribution is -1.82. The van der Waals surface area contributed by atoms with Gasteiger partial charge in [-0.1, -0.05) is 26.3 Å². The standard InChI is InChI=1S/C9H10/c1-6-8(4)9(5)7(2)3/h1-5H2. The summed E-state index contributed by atoms with van der Waals surface area (Å²) in [5.41, 5.74) is 2.04. The number of rotatable bonds is 3. The van der Waals surface area contributed by atoms with Crippen molar-refractivity contribution in [1.29, 1.82) is 0 Å². The molecular weight excluding hydrogens is 108 g/mol. The third-order valence-electron chi connectivity index (χ3n) is 1.00. The minimum Gasteiger partial charge on any atom is -0.0952 e. The molecule has 0 heteroatoms. The second-order valence-corrected chi connectivity index (χ2v) is 1.74. The second kappa shape index (κ2) is 3.08. The maximum absolute atomic E-state index is 3.66. The highest BCUT2D eigenvalue weighted by atomic mass is 14.0. The van der Waals surface area contributed by atoms with Crippen LogP contribution in [0.25, 0.3) is 0 Å². The van der Waals surface area contributed by atoms with Crippen molar-refractivity contribution >= 4 is 0 Å². The summed E-state index contributed by atoms with van der Waals surface area (Å²) in [6.45, 7) is 17.9. The molecule has 0 nitrogen and oxygen atoms in total. The van der Waals surface area contributed by atoms with E-state index >= 15 is 0 Å². The first-order valence-corrected chi connectivity index (χ1v) is 2.52. The van der Waals surface area contributed by atoms with Crippen molar-refractivity contribution in [2.24, 2.45) is 0 Å². The molecule has 0 saturated carbocycles. The maximum Gasteiger partial charge on any atom is -0.0183 e. The number of hydrogen-bond donors (Lipinski definition) is 0. The minimum atomic E-state index is 0.662. The van der Waals surface area contributed by atoms with Crippen molar-refractivity contribution in [3.8, 4) is 0 Å². The van der Waals surface area contributed by atoms with Gasteiger partial charge in [-0.2, -0.15) is 0 Å². The van der Waals surface area contributed by atoms with Crippen LogP contribution in [0.5, 0.6) is 0 Å². The number of allylic oxidation sites excluding steroid dienone is 4. The fraction of sp³-hybridized carbons (Fsp3) is 0. The molecule has 0 aliphatic rings. The van der Waals surface area contributed by atoms with Gasteiger partial charge in [-0.3, -0.25) is 0 Å². The van der Waals surface area contributed by atoms with Crippen LogP contribution in [-0.2, 0) is 0 Å². The van der Waals surface area contributed by atoms with Gasteiger partial charge in [0.1, 0.15) is 0 Å². The third kappa shape index (κ3) is 2.13. The van der Waals surface area contributed by atoms with Crippen LogP contribution in [0.2, 0.25) is 0 Å². The van der Waals surface area contributed by atoms with E-state index < -0.39 is 0 Å². The van der Waals surface area contributed by atoms with Gasteiger partial charge in [0, 0.05) is 0 Å². The van der Waals surface area contributed by atoms with Crippen LogP contribution in [0, 0.1) is 13.0 Å². The van der Waals surface area contributed by atoms with Crippen molar-refractivity contribution in [2.45, 2.75) is 0 Å². The van der Waals surface area contributed by atoms with Gasteiger partial charge >= 0.3 is 0 Å². The molecule has 0 spiro atoms. The van der Waals surface area contributed by atoms with Crippen LogP contribution >= 0.6 is 0 Å². The SMILES string of the molecule is [CH2]C(=C)C(=C)C(=C)[C]=C. The molecule has 46 valence electrons. The molecule has 0 rings (SSSR count). The molecule has 0 heterocycles. The fourth-order valence-corrected chi connectivity index (χ4v) is 0.320. The van der Waals surface area contributed by atoms with E-state index in [4.69, 9.17) is 0 Å². The summed E-state index contributed by atoms with van der Waals surface area (Å²) in [6.07, 6.45) is 2.60. The Hall–Kier alpha value is -1.04. The molecule has 0 unspecified atom stereocenters. The van der Waals surface area contributed by atoms with E-state index in [9.17, 15) is 0 Å². The van der Waals surface area contributed by atoms with Crippen LogP contribution in [0.3, 0.4) is 0 Å². The molecule has 0 atom stereocenters. The lowest BCUT2D eigenvalue weighted by atomic mass is 10.0. The van der Waals surface area contributed by atoms with Crippen molar-refractivity contribution in [3.63, 3.8) is 0 Å². The van der Waals surface area contributed by atoms with Gasteiger partial charge in [0.2, 0.25) is 0 Å². The number of hydrogen-bond acceptors (Lipinski definition) is 0. The maximum atomic E-state index is 3.66. The Bertz CT molecular complexity index is 170. The van der Waals surface area contributed by atoms with E-state index in [1.807, 2.05) is 0 Å². The Kier molecular flexibility index (Phi) is 2.72. The van der Waals surface area contributed by atoms with Gasteiger partial charge in [-0.05, 0) is 29.7 Å². The summed E-state index contributed by atoms with van der Waals surface area (Å²) in [5.74, 6) is 0. The van der Waals surface area contributed by atoms with Crippen LogP contribution in [0.15, 0.2) is 43.0 Å². The summed E-state index contributed by atoms with van der Waals surface area (Å²) < 4.78 is 0. The first-order chi connectivity index (χ1) is 4.09. The van der Waals surface area contributed by atoms with Gasteiger partial charge in [0.05, 0.1) is 0 Å². The Morgan fingerprint density at radius 3 is 1.67 bits per heavy atom. The summed E-state index contributed by atoms with van der Waals surface area (Å²) in [5, 5.41) is 0. The molecule has 0 aromatic heterocycles. The molecule has 0 aliphatic heterocycles. The molecule has 2 radical (unpaired) electrons. The zero-order valence-electron chi connectivity index (χ0n) is 5.54. The van der Waals surface area contributed by atoms with E-state index in [0.29, 0.717) is 16.7 Å². The van der Waals surface area contributed by atoms with Crippen molar-refractivity contribution in [3.05, 3.63) is 56.0 Å². The lowest BCUT2D eigenvalue weighted by molar-refractivity contribution is 1.50. The minimum absolute atomic E-state index is 0.662. The quantitative estimate of drug-likeness (QED) is 0.499. The monoisotopic (exact) mass is 118 g/mol. The van der Waals surface area contributed by atoms with Crippen LogP contribution < -0.4 is 0 Å². The Balaban J connectivity index is 4.22. The molecule has 0 saturated heterocycles. The first kappa shape index (κ1) is 7.96. The van der Waals surface area contributed by atoms with Crippen molar-refractivity contribution in [1.82, 2.24) is 0 Å². The van der Waals surface area contributed by atoms with Crippen LogP contribution in [-0.4, -0.2) is 0 Å². The normalized spacial score (nSPS) is 8.11. The molecule has 0 N–H and O–H groups in total. The molecule has 0 amide bonds. The topological polar surface area (TPSA) is 0 Å². The zero-order chi connectivity index (χ0) is 7.44. The van der Waals surface area contributed by atoms with Crippen LogP contribution in [0.4, 0.5) is 0 Å². The van der Waals surface area contributed by atoms with E-state index in [2.05, 4.69) is 39.3 Å². The van der Waals surface area contributed by atoms with Crippen molar-refractivity contribution in [2.75, 3.05) is 0 Å². The van der Waals surface area contributed by atoms with Gasteiger partial charge in [0.25, 0.3) is 0 Å². The van der Waals surface area contributed by atoms with E-state index in [-0.39, 0.29) is 0 Å². The van der Waals surface area contributed by atoms with Gasteiger partial charge in [0.15, 0.2) is 0 Å². The highest BCUT2D eigenvalue weighted by molar-refractivity contribution is 5.45. The van der Waals surface area contributed by atoms with E-state index in [1.54, 1.807) is 0 Å².